The minimum absolute atomic E-state index is 0.0336. The summed E-state index contributed by atoms with van der Waals surface area (Å²) >= 11 is 0. The van der Waals surface area contributed by atoms with E-state index in [1.807, 2.05) is 0 Å². The average molecular weight is 279 g/mol. The number of rotatable bonds is 4. The fourth-order valence-electron chi connectivity index (χ4n) is 2.75. The highest BCUT2D eigenvalue weighted by Gasteiger charge is 2.33. The highest BCUT2D eigenvalue weighted by Crippen LogP contribution is 2.39. The summed E-state index contributed by atoms with van der Waals surface area (Å²) in [5.74, 6) is 0.711. The third-order valence-corrected chi connectivity index (χ3v) is 3.77. The Labute approximate surface area is 118 Å². The molecule has 0 spiro atoms. The van der Waals surface area contributed by atoms with Crippen LogP contribution in [0, 0.1) is 22.5 Å². The Morgan fingerprint density at radius 3 is 2.60 bits per heavy atom. The minimum atomic E-state index is -0.419. The van der Waals surface area contributed by atoms with Crippen molar-refractivity contribution in [2.75, 3.05) is 17.7 Å². The lowest BCUT2D eigenvalue weighted by Crippen LogP contribution is -2.20. The summed E-state index contributed by atoms with van der Waals surface area (Å²) < 4.78 is 0. The van der Waals surface area contributed by atoms with Crippen LogP contribution in [0.3, 0.4) is 0 Å². The van der Waals surface area contributed by atoms with Gasteiger partial charge in [0.1, 0.15) is 5.69 Å². The second kappa shape index (κ2) is 5.22. The van der Waals surface area contributed by atoms with E-state index in [-0.39, 0.29) is 17.1 Å². The number of aryl methyl sites for hydroxylation is 1. The molecule has 2 rings (SSSR count). The van der Waals surface area contributed by atoms with E-state index in [9.17, 15) is 10.1 Å². The summed E-state index contributed by atoms with van der Waals surface area (Å²) in [5, 5.41) is 17.3. The number of nitro groups is 1. The van der Waals surface area contributed by atoms with Gasteiger partial charge >= 0.3 is 5.69 Å². The zero-order valence-electron chi connectivity index (χ0n) is 12.4. The normalized spacial score (nSPS) is 20.7. The molecule has 1 heterocycles. The third-order valence-electron chi connectivity index (χ3n) is 3.77. The van der Waals surface area contributed by atoms with Gasteiger partial charge in [-0.2, -0.15) is 4.98 Å². The van der Waals surface area contributed by atoms with Crippen LogP contribution in [0.5, 0.6) is 0 Å². The maximum absolute atomic E-state index is 11.2. The predicted molar refractivity (Wildman–Crippen MR) is 78.0 cm³/mol. The molecule has 1 aliphatic rings. The van der Waals surface area contributed by atoms with Crippen LogP contribution in [0.4, 0.5) is 17.5 Å². The molecule has 7 nitrogen and oxygen atoms in total. The van der Waals surface area contributed by atoms with Gasteiger partial charge in [-0.25, -0.2) is 4.98 Å². The summed E-state index contributed by atoms with van der Waals surface area (Å²) in [7, 11) is 1.70. The highest BCUT2D eigenvalue weighted by molar-refractivity contribution is 5.61. The molecule has 1 aromatic rings. The molecule has 0 aliphatic heterocycles. The van der Waals surface area contributed by atoms with Crippen LogP contribution in [-0.4, -0.2) is 28.0 Å². The molecule has 2 N–H and O–H groups in total. The quantitative estimate of drug-likeness (QED) is 0.650. The lowest BCUT2D eigenvalue weighted by Gasteiger charge is -2.18. The van der Waals surface area contributed by atoms with Crippen molar-refractivity contribution < 1.29 is 4.92 Å². The zero-order chi connectivity index (χ0) is 14.9. The maximum Gasteiger partial charge on any atom is 0.332 e. The number of nitrogens with zero attached hydrogens (tertiary/aromatic N) is 3. The maximum atomic E-state index is 11.2. The summed E-state index contributed by atoms with van der Waals surface area (Å²) in [6.45, 7) is 6.06. The van der Waals surface area contributed by atoms with Crippen LogP contribution >= 0.6 is 0 Å². The fraction of sp³-hybridized carbons (Fsp3) is 0.692. The number of anilines is 2. The number of nitrogens with one attached hydrogen (secondary N) is 2. The molecule has 0 radical (unpaired) electrons. The summed E-state index contributed by atoms with van der Waals surface area (Å²) in [6, 6.07) is 0.225. The lowest BCUT2D eigenvalue weighted by molar-refractivity contribution is -0.385. The van der Waals surface area contributed by atoms with Gasteiger partial charge in [-0.3, -0.25) is 10.1 Å². The van der Waals surface area contributed by atoms with E-state index in [2.05, 4.69) is 34.4 Å². The molecule has 1 aliphatic carbocycles. The molecule has 0 bridgehead atoms. The predicted octanol–water partition coefficient (Wildman–Crippen LogP) is 2.73. The second-order valence-corrected chi connectivity index (χ2v) is 6.09. The molecular formula is C13H21N5O2. The zero-order valence-corrected chi connectivity index (χ0v) is 12.4. The Hall–Kier alpha value is -1.92. The van der Waals surface area contributed by atoms with Crippen molar-refractivity contribution in [3.05, 3.63) is 15.8 Å². The molecule has 1 unspecified atom stereocenters. The van der Waals surface area contributed by atoms with E-state index < -0.39 is 4.92 Å². The Morgan fingerprint density at radius 2 is 2.10 bits per heavy atom. The Bertz CT molecular complexity index is 530. The van der Waals surface area contributed by atoms with Crippen molar-refractivity contribution in [3.8, 4) is 0 Å². The molecule has 110 valence electrons. The van der Waals surface area contributed by atoms with E-state index in [1.54, 1.807) is 14.0 Å². The SMILES string of the molecule is CNc1nc(C)c([N+](=O)[O-])c(NC2CCC(C)(C)C2)n1. The van der Waals surface area contributed by atoms with Crippen molar-refractivity contribution in [2.45, 2.75) is 46.1 Å². The first kappa shape index (κ1) is 14.5. The van der Waals surface area contributed by atoms with Crippen molar-refractivity contribution in [1.29, 1.82) is 0 Å². The Balaban J connectivity index is 2.30. The summed E-state index contributed by atoms with van der Waals surface area (Å²) in [5.41, 5.74) is 0.614. The smallest absolute Gasteiger partial charge is 0.332 e. The van der Waals surface area contributed by atoms with Crippen molar-refractivity contribution in [3.63, 3.8) is 0 Å². The summed E-state index contributed by atoms with van der Waals surface area (Å²) in [4.78, 5) is 19.1. The Kier molecular flexibility index (Phi) is 3.78. The van der Waals surface area contributed by atoms with E-state index in [0.717, 1.165) is 19.3 Å². The lowest BCUT2D eigenvalue weighted by atomic mass is 9.92. The molecule has 1 aromatic heterocycles. The van der Waals surface area contributed by atoms with Gasteiger partial charge < -0.3 is 10.6 Å². The van der Waals surface area contributed by atoms with Gasteiger partial charge in [-0.05, 0) is 31.6 Å². The molecule has 0 aromatic carbocycles. The average Bonchev–Trinajstić information content (AvgIpc) is 2.67. The van der Waals surface area contributed by atoms with Crippen LogP contribution in [0.1, 0.15) is 38.8 Å². The van der Waals surface area contributed by atoms with E-state index in [1.165, 1.54) is 0 Å². The van der Waals surface area contributed by atoms with Crippen molar-refractivity contribution in [2.24, 2.45) is 5.41 Å². The van der Waals surface area contributed by atoms with E-state index in [4.69, 9.17) is 0 Å². The minimum Gasteiger partial charge on any atom is -0.361 e. The number of hydrogen-bond donors (Lipinski definition) is 2. The number of aromatic nitrogens is 2. The van der Waals surface area contributed by atoms with Gasteiger partial charge in [0.05, 0.1) is 4.92 Å². The number of hydrogen-bond acceptors (Lipinski definition) is 6. The van der Waals surface area contributed by atoms with E-state index in [0.29, 0.717) is 17.5 Å². The van der Waals surface area contributed by atoms with Crippen LogP contribution in [-0.2, 0) is 0 Å². The highest BCUT2D eigenvalue weighted by atomic mass is 16.6. The van der Waals surface area contributed by atoms with Gasteiger partial charge in [0.2, 0.25) is 11.8 Å². The third kappa shape index (κ3) is 2.97. The van der Waals surface area contributed by atoms with Gasteiger partial charge in [0.25, 0.3) is 0 Å². The summed E-state index contributed by atoms with van der Waals surface area (Å²) in [6.07, 6.45) is 3.10. The second-order valence-electron chi connectivity index (χ2n) is 6.09. The van der Waals surface area contributed by atoms with Gasteiger partial charge in [-0.1, -0.05) is 13.8 Å². The molecular weight excluding hydrogens is 258 g/mol. The van der Waals surface area contributed by atoms with Gasteiger partial charge in [0.15, 0.2) is 0 Å². The molecule has 1 atom stereocenters. The van der Waals surface area contributed by atoms with Gasteiger partial charge in [-0.15, -0.1) is 0 Å². The standard InChI is InChI=1S/C13H21N5O2/c1-8-10(18(19)20)11(17-12(14-4)15-8)16-9-5-6-13(2,3)7-9/h9H,5-7H2,1-4H3,(H2,14,15,16,17). The molecule has 7 heteroatoms. The van der Waals surface area contributed by atoms with Crippen LogP contribution in [0.25, 0.3) is 0 Å². The topological polar surface area (TPSA) is 93.0 Å². The molecule has 0 amide bonds. The molecule has 0 saturated heterocycles. The van der Waals surface area contributed by atoms with Crippen molar-refractivity contribution >= 4 is 17.5 Å². The van der Waals surface area contributed by atoms with Crippen molar-refractivity contribution in [1.82, 2.24) is 9.97 Å². The fourth-order valence-corrected chi connectivity index (χ4v) is 2.75. The largest absolute Gasteiger partial charge is 0.361 e. The monoisotopic (exact) mass is 279 g/mol. The molecule has 1 saturated carbocycles. The van der Waals surface area contributed by atoms with Crippen LogP contribution < -0.4 is 10.6 Å². The Morgan fingerprint density at radius 1 is 1.40 bits per heavy atom. The first-order chi connectivity index (χ1) is 9.32. The molecule has 20 heavy (non-hydrogen) atoms. The van der Waals surface area contributed by atoms with E-state index >= 15 is 0 Å². The van der Waals surface area contributed by atoms with Gasteiger partial charge in [0, 0.05) is 13.1 Å². The first-order valence-corrected chi connectivity index (χ1v) is 6.80. The van der Waals surface area contributed by atoms with Crippen LogP contribution in [0.2, 0.25) is 0 Å². The molecule has 1 fully saturated rings. The van der Waals surface area contributed by atoms with Crippen LogP contribution in [0.15, 0.2) is 0 Å². The first-order valence-electron chi connectivity index (χ1n) is 6.80.